The van der Waals surface area contributed by atoms with Crippen molar-refractivity contribution in [1.82, 2.24) is 15.3 Å². The topological polar surface area (TPSA) is 60.7 Å². The Morgan fingerprint density at radius 2 is 1.52 bits per heavy atom. The van der Waals surface area contributed by atoms with Crippen molar-refractivity contribution >= 4 is 11.0 Å². The fourth-order valence-corrected chi connectivity index (χ4v) is 2.63. The summed E-state index contributed by atoms with van der Waals surface area (Å²) >= 11 is 0. The smallest absolute Gasteiger partial charge is 0.306 e. The van der Waals surface area contributed by atoms with Crippen molar-refractivity contribution in [3.8, 4) is 0 Å². The van der Waals surface area contributed by atoms with Gasteiger partial charge in [0.05, 0.1) is 11.0 Å². The zero-order valence-corrected chi connectivity index (χ0v) is 12.2. The molecule has 3 aromatic rings. The molecular weight excluding hydrogens is 262 g/mol. The highest BCUT2D eigenvalue weighted by Crippen LogP contribution is 2.21. The van der Waals surface area contributed by atoms with Gasteiger partial charge in [-0.3, -0.25) is 0 Å². The second kappa shape index (κ2) is 5.58. The Morgan fingerprint density at radius 1 is 0.857 bits per heavy atom. The molecule has 4 heteroatoms. The molecule has 2 aromatic carbocycles. The Hall–Kier alpha value is -2.33. The van der Waals surface area contributed by atoms with Crippen LogP contribution in [0.3, 0.4) is 0 Å². The van der Waals surface area contributed by atoms with Crippen molar-refractivity contribution in [2.75, 3.05) is 0 Å². The van der Waals surface area contributed by atoms with Crippen LogP contribution in [-0.2, 0) is 0 Å². The second-order valence-corrected chi connectivity index (χ2v) is 5.40. The fourth-order valence-electron chi connectivity index (χ4n) is 2.63. The molecule has 3 rings (SSSR count). The summed E-state index contributed by atoms with van der Waals surface area (Å²) in [5, 5.41) is 3.58. The number of nitrogens with one attached hydrogen (secondary N) is 3. The van der Waals surface area contributed by atoms with Crippen molar-refractivity contribution in [2.45, 2.75) is 25.9 Å². The van der Waals surface area contributed by atoms with Gasteiger partial charge in [-0.1, -0.05) is 36.4 Å². The molecule has 0 aliphatic rings. The first-order valence-electron chi connectivity index (χ1n) is 7.16. The van der Waals surface area contributed by atoms with E-state index in [4.69, 9.17) is 0 Å². The quantitative estimate of drug-likeness (QED) is 0.687. The highest BCUT2D eigenvalue weighted by Gasteiger charge is 2.11. The summed E-state index contributed by atoms with van der Waals surface area (Å²) in [6, 6.07) is 16.8. The average Bonchev–Trinajstić information content (AvgIpc) is 2.87. The molecule has 108 valence electrons. The number of rotatable bonds is 4. The van der Waals surface area contributed by atoms with Crippen LogP contribution in [0.4, 0.5) is 0 Å². The predicted octanol–water partition coefficient (Wildman–Crippen LogP) is 3.27. The van der Waals surface area contributed by atoms with Crippen molar-refractivity contribution in [3.63, 3.8) is 0 Å². The van der Waals surface area contributed by atoms with Crippen molar-refractivity contribution in [2.24, 2.45) is 0 Å². The van der Waals surface area contributed by atoms with Gasteiger partial charge in [-0.25, -0.2) is 4.79 Å². The minimum absolute atomic E-state index is 0.166. The molecule has 4 nitrogen and oxygen atoms in total. The molecule has 0 aliphatic heterocycles. The number of aromatic nitrogens is 2. The standard InChI is InChI=1S/C17H19N3O/c1-11(13-6-4-3-5-7-13)18-12(2)14-8-9-15-16(10-14)20-17(21)19-15/h3-12,18H,1-2H3,(H2,19,20,21)/t11-,12?/m0/s1. The van der Waals surface area contributed by atoms with E-state index in [0.29, 0.717) is 0 Å². The van der Waals surface area contributed by atoms with Crippen LogP contribution in [-0.4, -0.2) is 9.97 Å². The average molecular weight is 281 g/mol. The maximum absolute atomic E-state index is 11.3. The Kier molecular flexibility index (Phi) is 3.62. The highest BCUT2D eigenvalue weighted by atomic mass is 16.1. The van der Waals surface area contributed by atoms with E-state index in [9.17, 15) is 4.79 Å². The molecule has 1 aromatic heterocycles. The molecule has 0 radical (unpaired) electrons. The number of aromatic amines is 2. The van der Waals surface area contributed by atoms with E-state index in [0.717, 1.165) is 16.6 Å². The lowest BCUT2D eigenvalue weighted by atomic mass is 10.0. The zero-order chi connectivity index (χ0) is 14.8. The van der Waals surface area contributed by atoms with Gasteiger partial charge in [0.1, 0.15) is 0 Å². The fraction of sp³-hybridized carbons (Fsp3) is 0.235. The van der Waals surface area contributed by atoms with E-state index in [1.807, 2.05) is 24.3 Å². The van der Waals surface area contributed by atoms with E-state index < -0.39 is 0 Å². The molecule has 0 amide bonds. The van der Waals surface area contributed by atoms with Crippen LogP contribution in [0.2, 0.25) is 0 Å². The third-order valence-electron chi connectivity index (χ3n) is 3.84. The van der Waals surface area contributed by atoms with Crippen molar-refractivity contribution in [1.29, 1.82) is 0 Å². The zero-order valence-electron chi connectivity index (χ0n) is 12.2. The Bertz CT molecular complexity index is 788. The third kappa shape index (κ3) is 2.90. The second-order valence-electron chi connectivity index (χ2n) is 5.40. The van der Waals surface area contributed by atoms with Crippen LogP contribution in [0, 0.1) is 0 Å². The minimum Gasteiger partial charge on any atom is -0.306 e. The molecule has 0 saturated carbocycles. The van der Waals surface area contributed by atoms with Crippen molar-refractivity contribution in [3.05, 3.63) is 70.1 Å². The summed E-state index contributed by atoms with van der Waals surface area (Å²) in [7, 11) is 0. The summed E-state index contributed by atoms with van der Waals surface area (Å²) < 4.78 is 0. The molecule has 3 N–H and O–H groups in total. The number of hydrogen-bond acceptors (Lipinski definition) is 2. The monoisotopic (exact) mass is 281 g/mol. The van der Waals surface area contributed by atoms with Gasteiger partial charge in [0.15, 0.2) is 0 Å². The number of H-pyrrole nitrogens is 2. The maximum Gasteiger partial charge on any atom is 0.323 e. The number of imidazole rings is 1. The van der Waals surface area contributed by atoms with E-state index >= 15 is 0 Å². The Morgan fingerprint density at radius 3 is 2.29 bits per heavy atom. The summed E-state index contributed by atoms with van der Waals surface area (Å²) in [5.41, 5.74) is 3.94. The molecule has 1 unspecified atom stereocenters. The number of benzene rings is 2. The first-order valence-corrected chi connectivity index (χ1v) is 7.16. The SMILES string of the molecule is CC(N[C@@H](C)c1ccccc1)c1ccc2[nH]c(=O)[nH]c2c1. The Balaban J connectivity index is 1.80. The summed E-state index contributed by atoms with van der Waals surface area (Å²) in [4.78, 5) is 16.9. The van der Waals surface area contributed by atoms with Gasteiger partial charge in [0.25, 0.3) is 0 Å². The predicted molar refractivity (Wildman–Crippen MR) is 85.3 cm³/mol. The number of hydrogen-bond donors (Lipinski definition) is 3. The summed E-state index contributed by atoms with van der Waals surface area (Å²) in [5.74, 6) is 0. The summed E-state index contributed by atoms with van der Waals surface area (Å²) in [6.45, 7) is 4.29. The van der Waals surface area contributed by atoms with Gasteiger partial charge >= 0.3 is 5.69 Å². The number of fused-ring (bicyclic) bond motifs is 1. The van der Waals surface area contributed by atoms with Crippen LogP contribution in [0.15, 0.2) is 53.3 Å². The minimum atomic E-state index is -0.166. The maximum atomic E-state index is 11.3. The molecule has 0 aliphatic carbocycles. The summed E-state index contributed by atoms with van der Waals surface area (Å²) in [6.07, 6.45) is 0. The van der Waals surface area contributed by atoms with Gasteiger partial charge in [-0.2, -0.15) is 0 Å². The van der Waals surface area contributed by atoms with E-state index in [1.54, 1.807) is 0 Å². The molecule has 2 atom stereocenters. The van der Waals surface area contributed by atoms with Gasteiger partial charge in [-0.05, 0) is 37.1 Å². The normalized spacial score (nSPS) is 14.2. The van der Waals surface area contributed by atoms with Crippen LogP contribution in [0.1, 0.15) is 37.1 Å². The third-order valence-corrected chi connectivity index (χ3v) is 3.84. The lowest BCUT2D eigenvalue weighted by Crippen LogP contribution is -2.22. The molecule has 0 bridgehead atoms. The lowest BCUT2D eigenvalue weighted by Gasteiger charge is -2.20. The first kappa shape index (κ1) is 13.6. The largest absolute Gasteiger partial charge is 0.323 e. The van der Waals surface area contributed by atoms with Crippen molar-refractivity contribution < 1.29 is 0 Å². The van der Waals surface area contributed by atoms with Gasteiger partial charge in [0, 0.05) is 12.1 Å². The first-order chi connectivity index (χ1) is 10.1. The highest BCUT2D eigenvalue weighted by molar-refractivity contribution is 5.75. The van der Waals surface area contributed by atoms with Crippen LogP contribution < -0.4 is 11.0 Å². The van der Waals surface area contributed by atoms with Crippen LogP contribution in [0.25, 0.3) is 11.0 Å². The van der Waals surface area contributed by atoms with Crippen LogP contribution in [0.5, 0.6) is 0 Å². The lowest BCUT2D eigenvalue weighted by molar-refractivity contribution is 0.495. The van der Waals surface area contributed by atoms with Gasteiger partial charge in [-0.15, -0.1) is 0 Å². The van der Waals surface area contributed by atoms with Crippen LogP contribution >= 0.6 is 0 Å². The molecule has 0 spiro atoms. The molecule has 21 heavy (non-hydrogen) atoms. The van der Waals surface area contributed by atoms with E-state index in [-0.39, 0.29) is 17.8 Å². The molecule has 0 fully saturated rings. The van der Waals surface area contributed by atoms with Gasteiger partial charge < -0.3 is 15.3 Å². The van der Waals surface area contributed by atoms with E-state index in [2.05, 4.69) is 53.4 Å². The molecular formula is C17H19N3O. The Labute approximate surface area is 123 Å². The van der Waals surface area contributed by atoms with Gasteiger partial charge in [0.2, 0.25) is 0 Å². The molecule has 1 heterocycles. The van der Waals surface area contributed by atoms with E-state index in [1.165, 1.54) is 5.56 Å². The molecule has 0 saturated heterocycles.